The minimum atomic E-state index is -0.358. The van der Waals surface area contributed by atoms with Gasteiger partial charge in [-0.1, -0.05) is 71.0 Å². The van der Waals surface area contributed by atoms with Gasteiger partial charge in [0.2, 0.25) is 0 Å². The van der Waals surface area contributed by atoms with Crippen LogP contribution >= 0.6 is 0 Å². The maximum absolute atomic E-state index is 6.50. The second-order valence-corrected chi connectivity index (χ2v) is 11.0. The van der Waals surface area contributed by atoms with E-state index in [1.165, 1.54) is 33.3 Å². The minimum Gasteiger partial charge on any atom is -0.399 e. The Morgan fingerprint density at radius 3 is 1.93 bits per heavy atom. The second-order valence-electron chi connectivity index (χ2n) is 11.0. The molecule has 0 N–H and O–H groups in total. The summed E-state index contributed by atoms with van der Waals surface area (Å²) in [5.41, 5.74) is 7.19. The Morgan fingerprint density at radius 1 is 0.786 bits per heavy atom. The zero-order chi connectivity index (χ0) is 20.7. The second kappa shape index (κ2) is 5.74. The molecule has 3 heteroatoms. The lowest BCUT2D eigenvalue weighted by Crippen LogP contribution is -2.41. The monoisotopic (exact) mass is 376 g/mol. The van der Waals surface area contributed by atoms with Crippen LogP contribution < -0.4 is 5.46 Å². The van der Waals surface area contributed by atoms with Crippen molar-refractivity contribution in [1.82, 2.24) is 0 Å². The van der Waals surface area contributed by atoms with Gasteiger partial charge in [0.1, 0.15) is 0 Å². The summed E-state index contributed by atoms with van der Waals surface area (Å²) in [4.78, 5) is 0. The Labute approximate surface area is 170 Å². The topological polar surface area (TPSA) is 18.5 Å². The molecule has 2 aliphatic rings. The SMILES string of the molecule is CC(C)(C)c1cc(B2OC(C)(C)C(C)(C)O2)c2c(c1)C(C)(C)c1ccccc1-2. The fourth-order valence-corrected chi connectivity index (χ4v) is 4.44. The van der Waals surface area contributed by atoms with Crippen LogP contribution in [0.5, 0.6) is 0 Å². The summed E-state index contributed by atoms with van der Waals surface area (Å²) >= 11 is 0. The molecule has 1 aliphatic carbocycles. The molecular formula is C25H33BO2. The molecule has 0 saturated carbocycles. The van der Waals surface area contributed by atoms with Gasteiger partial charge in [0.25, 0.3) is 0 Å². The van der Waals surface area contributed by atoms with Crippen LogP contribution in [0.1, 0.15) is 79.0 Å². The fraction of sp³-hybridized carbons (Fsp3) is 0.520. The third kappa shape index (κ3) is 2.70. The quantitative estimate of drug-likeness (QED) is 0.604. The number of rotatable bonds is 1. The van der Waals surface area contributed by atoms with E-state index >= 15 is 0 Å². The van der Waals surface area contributed by atoms with E-state index in [2.05, 4.69) is 98.7 Å². The summed E-state index contributed by atoms with van der Waals surface area (Å²) in [7, 11) is -0.358. The van der Waals surface area contributed by atoms with Gasteiger partial charge >= 0.3 is 7.12 Å². The van der Waals surface area contributed by atoms with Crippen LogP contribution in [0.2, 0.25) is 0 Å². The molecule has 1 heterocycles. The molecule has 1 fully saturated rings. The van der Waals surface area contributed by atoms with Crippen LogP contribution in [0.4, 0.5) is 0 Å². The summed E-state index contributed by atoms with van der Waals surface area (Å²) in [6.45, 7) is 20.0. The first kappa shape index (κ1) is 19.7. The van der Waals surface area contributed by atoms with Crippen molar-refractivity contribution >= 4 is 12.6 Å². The average molecular weight is 376 g/mol. The zero-order valence-corrected chi connectivity index (χ0v) is 18.9. The van der Waals surface area contributed by atoms with Crippen LogP contribution in [0, 0.1) is 0 Å². The van der Waals surface area contributed by atoms with E-state index < -0.39 is 0 Å². The van der Waals surface area contributed by atoms with Gasteiger partial charge in [-0.25, -0.2) is 0 Å². The standard InChI is InChI=1S/C25H33BO2/c1-22(2,3)16-14-19-21(17-12-10-11-13-18(17)23(19,4)5)20(15-16)26-27-24(6,7)25(8,9)28-26/h10-15H,1-9H3. The van der Waals surface area contributed by atoms with Gasteiger partial charge in [0.15, 0.2) is 0 Å². The molecule has 0 atom stereocenters. The first-order chi connectivity index (χ1) is 12.8. The smallest absolute Gasteiger partial charge is 0.399 e. The Hall–Kier alpha value is -1.58. The molecule has 2 aromatic rings. The van der Waals surface area contributed by atoms with Crippen LogP contribution in [0.3, 0.4) is 0 Å². The predicted octanol–water partition coefficient (Wildman–Crippen LogP) is 5.59. The molecule has 1 saturated heterocycles. The highest BCUT2D eigenvalue weighted by Gasteiger charge is 2.53. The summed E-state index contributed by atoms with van der Waals surface area (Å²) < 4.78 is 13.0. The van der Waals surface area contributed by atoms with Crippen LogP contribution in [-0.2, 0) is 20.1 Å². The molecular weight excluding hydrogens is 343 g/mol. The lowest BCUT2D eigenvalue weighted by molar-refractivity contribution is 0.00578. The summed E-state index contributed by atoms with van der Waals surface area (Å²) in [5, 5.41) is 0. The minimum absolute atomic E-state index is 0.0361. The Balaban J connectivity index is 2.00. The highest BCUT2D eigenvalue weighted by atomic mass is 16.7. The van der Waals surface area contributed by atoms with E-state index in [9.17, 15) is 0 Å². The predicted molar refractivity (Wildman–Crippen MR) is 118 cm³/mol. The molecule has 1 aliphatic heterocycles. The normalized spacial score (nSPS) is 21.5. The first-order valence-corrected chi connectivity index (χ1v) is 10.4. The van der Waals surface area contributed by atoms with Gasteiger partial charge in [-0.15, -0.1) is 0 Å². The number of benzene rings is 2. The van der Waals surface area contributed by atoms with E-state index in [0.29, 0.717) is 0 Å². The van der Waals surface area contributed by atoms with Crippen molar-refractivity contribution in [3.8, 4) is 11.1 Å². The molecule has 0 spiro atoms. The van der Waals surface area contributed by atoms with Crippen LogP contribution in [0.15, 0.2) is 36.4 Å². The highest BCUT2D eigenvalue weighted by Crippen LogP contribution is 2.49. The summed E-state index contributed by atoms with van der Waals surface area (Å²) in [5.74, 6) is 0. The van der Waals surface area contributed by atoms with Crippen molar-refractivity contribution in [2.75, 3.05) is 0 Å². The van der Waals surface area contributed by atoms with Crippen molar-refractivity contribution in [2.24, 2.45) is 0 Å². The van der Waals surface area contributed by atoms with Crippen molar-refractivity contribution in [3.05, 3.63) is 53.1 Å². The first-order valence-electron chi connectivity index (χ1n) is 10.4. The molecule has 0 unspecified atom stereocenters. The highest BCUT2D eigenvalue weighted by molar-refractivity contribution is 6.64. The summed E-state index contributed by atoms with van der Waals surface area (Å²) in [6.07, 6.45) is 0. The maximum atomic E-state index is 6.50. The van der Waals surface area contributed by atoms with E-state index in [1.54, 1.807) is 0 Å². The maximum Gasteiger partial charge on any atom is 0.495 e. The largest absolute Gasteiger partial charge is 0.495 e. The Morgan fingerprint density at radius 2 is 1.36 bits per heavy atom. The van der Waals surface area contributed by atoms with E-state index in [1.807, 2.05) is 0 Å². The van der Waals surface area contributed by atoms with E-state index in [-0.39, 0.29) is 29.2 Å². The van der Waals surface area contributed by atoms with E-state index in [4.69, 9.17) is 9.31 Å². The molecule has 148 valence electrons. The average Bonchev–Trinajstić information content (AvgIpc) is 2.94. The van der Waals surface area contributed by atoms with Crippen molar-refractivity contribution in [3.63, 3.8) is 0 Å². The molecule has 4 rings (SSSR count). The van der Waals surface area contributed by atoms with Gasteiger partial charge in [0, 0.05) is 5.41 Å². The van der Waals surface area contributed by atoms with Crippen molar-refractivity contribution in [1.29, 1.82) is 0 Å². The third-order valence-electron chi connectivity index (χ3n) is 7.09. The van der Waals surface area contributed by atoms with Gasteiger partial charge in [-0.2, -0.15) is 0 Å². The lowest BCUT2D eigenvalue weighted by Gasteiger charge is -2.32. The zero-order valence-electron chi connectivity index (χ0n) is 18.9. The van der Waals surface area contributed by atoms with Gasteiger partial charge in [0.05, 0.1) is 11.2 Å². The summed E-state index contributed by atoms with van der Waals surface area (Å²) in [6, 6.07) is 13.5. The molecule has 0 radical (unpaired) electrons. The lowest BCUT2D eigenvalue weighted by atomic mass is 9.69. The van der Waals surface area contributed by atoms with E-state index in [0.717, 1.165) is 0 Å². The van der Waals surface area contributed by atoms with Gasteiger partial charge in [-0.3, -0.25) is 0 Å². The van der Waals surface area contributed by atoms with Crippen LogP contribution in [-0.4, -0.2) is 18.3 Å². The van der Waals surface area contributed by atoms with Crippen molar-refractivity contribution < 1.29 is 9.31 Å². The number of hydrogen-bond acceptors (Lipinski definition) is 2. The molecule has 28 heavy (non-hydrogen) atoms. The van der Waals surface area contributed by atoms with Gasteiger partial charge < -0.3 is 9.31 Å². The van der Waals surface area contributed by atoms with Gasteiger partial charge in [-0.05, 0) is 66.4 Å². The number of fused-ring (bicyclic) bond motifs is 3. The molecule has 2 aromatic carbocycles. The Kier molecular flexibility index (Phi) is 4.04. The fourth-order valence-electron chi connectivity index (χ4n) is 4.44. The molecule has 2 nitrogen and oxygen atoms in total. The Bertz CT molecular complexity index is 932. The molecule has 0 aromatic heterocycles. The van der Waals surface area contributed by atoms with Crippen molar-refractivity contribution in [2.45, 2.75) is 84.3 Å². The molecule has 0 amide bonds. The third-order valence-corrected chi connectivity index (χ3v) is 7.09. The number of hydrogen-bond donors (Lipinski definition) is 0. The molecule has 0 bridgehead atoms. The van der Waals surface area contributed by atoms with Crippen LogP contribution in [0.25, 0.3) is 11.1 Å².